The highest BCUT2D eigenvalue weighted by molar-refractivity contribution is 6.22. The third kappa shape index (κ3) is 1.77. The average Bonchev–Trinajstić information content (AvgIpc) is 2.52. The summed E-state index contributed by atoms with van der Waals surface area (Å²) in [6.45, 7) is 7.96. The molecule has 1 aliphatic heterocycles. The van der Waals surface area contributed by atoms with Gasteiger partial charge >= 0.3 is 0 Å². The van der Waals surface area contributed by atoms with Gasteiger partial charge in [-0.1, -0.05) is 26.0 Å². The summed E-state index contributed by atoms with van der Waals surface area (Å²) in [7, 11) is 0. The van der Waals surface area contributed by atoms with Gasteiger partial charge in [0.05, 0.1) is 0 Å². The fraction of sp³-hybridized carbons (Fsp3) is 0.333. The van der Waals surface area contributed by atoms with Gasteiger partial charge in [-0.15, -0.1) is 0 Å². The van der Waals surface area contributed by atoms with Crippen molar-refractivity contribution in [2.24, 2.45) is 10.7 Å². The van der Waals surface area contributed by atoms with E-state index >= 15 is 0 Å². The van der Waals surface area contributed by atoms with Crippen molar-refractivity contribution in [1.82, 2.24) is 0 Å². The standard InChI is InChI=1S/C10H11N3.C2H6/c1-5-3-4-6(2)8-7(5)9(11)13-10(8)12;1-2/h3-4H,1-2H3,(H3,11,12,13);1-2H3. The summed E-state index contributed by atoms with van der Waals surface area (Å²) in [6, 6.07) is 4.01. The molecule has 1 aliphatic rings. The van der Waals surface area contributed by atoms with Crippen LogP contribution < -0.4 is 5.73 Å². The Morgan fingerprint density at radius 2 is 1.53 bits per heavy atom. The summed E-state index contributed by atoms with van der Waals surface area (Å²) in [4.78, 5) is 3.96. The van der Waals surface area contributed by atoms with Crippen LogP contribution >= 0.6 is 0 Å². The molecular formula is C12H17N3. The topological polar surface area (TPSA) is 62.2 Å². The molecule has 3 heteroatoms. The average molecular weight is 203 g/mol. The number of nitrogens with zero attached hydrogens (tertiary/aromatic N) is 1. The van der Waals surface area contributed by atoms with E-state index in [1.54, 1.807) is 0 Å². The lowest BCUT2D eigenvalue weighted by Crippen LogP contribution is -2.12. The molecule has 15 heavy (non-hydrogen) atoms. The van der Waals surface area contributed by atoms with E-state index in [4.69, 9.17) is 11.1 Å². The molecule has 0 amide bonds. The molecular weight excluding hydrogens is 186 g/mol. The first-order valence-corrected chi connectivity index (χ1v) is 5.15. The molecule has 0 saturated heterocycles. The molecule has 0 atom stereocenters. The molecule has 0 unspecified atom stereocenters. The van der Waals surface area contributed by atoms with Gasteiger partial charge < -0.3 is 5.73 Å². The van der Waals surface area contributed by atoms with E-state index in [1.807, 2.05) is 39.8 Å². The number of nitrogens with two attached hydrogens (primary N) is 1. The number of amidine groups is 2. The second-order valence-electron chi connectivity index (χ2n) is 3.30. The van der Waals surface area contributed by atoms with Crippen LogP contribution in [0.2, 0.25) is 0 Å². The number of hydrogen-bond donors (Lipinski definition) is 2. The minimum Gasteiger partial charge on any atom is -0.383 e. The van der Waals surface area contributed by atoms with E-state index in [1.165, 1.54) is 0 Å². The maximum atomic E-state index is 7.63. The van der Waals surface area contributed by atoms with Crippen LogP contribution in [0.1, 0.15) is 36.1 Å². The minimum atomic E-state index is 0.286. The summed E-state index contributed by atoms with van der Waals surface area (Å²) in [6.07, 6.45) is 0. The zero-order chi connectivity index (χ0) is 11.6. The Morgan fingerprint density at radius 1 is 1.07 bits per heavy atom. The maximum absolute atomic E-state index is 7.63. The number of hydrogen-bond acceptors (Lipinski definition) is 2. The zero-order valence-corrected chi connectivity index (χ0v) is 9.68. The summed E-state index contributed by atoms with van der Waals surface area (Å²) < 4.78 is 0. The molecule has 0 radical (unpaired) electrons. The first kappa shape index (κ1) is 11.4. The van der Waals surface area contributed by atoms with Crippen LogP contribution in [-0.4, -0.2) is 11.7 Å². The molecule has 0 fully saturated rings. The summed E-state index contributed by atoms with van der Waals surface area (Å²) in [5.74, 6) is 0.759. The molecule has 0 spiro atoms. The Bertz CT molecular complexity index is 431. The van der Waals surface area contributed by atoms with Gasteiger partial charge in [0, 0.05) is 11.1 Å². The van der Waals surface area contributed by atoms with Gasteiger partial charge in [-0.3, -0.25) is 5.41 Å². The second kappa shape index (κ2) is 4.26. The summed E-state index contributed by atoms with van der Waals surface area (Å²) in [5.41, 5.74) is 9.69. The Morgan fingerprint density at radius 3 is 2.00 bits per heavy atom. The van der Waals surface area contributed by atoms with Crippen LogP contribution in [0.4, 0.5) is 0 Å². The molecule has 80 valence electrons. The van der Waals surface area contributed by atoms with Gasteiger partial charge in [0.25, 0.3) is 0 Å². The molecule has 3 nitrogen and oxygen atoms in total. The van der Waals surface area contributed by atoms with Gasteiger partial charge in [0.15, 0.2) is 5.84 Å². The minimum absolute atomic E-state index is 0.286. The summed E-state index contributed by atoms with van der Waals surface area (Å²) in [5, 5.41) is 7.63. The van der Waals surface area contributed by atoms with E-state index in [2.05, 4.69) is 4.99 Å². The van der Waals surface area contributed by atoms with Crippen LogP contribution in [0.15, 0.2) is 17.1 Å². The lowest BCUT2D eigenvalue weighted by atomic mass is 9.98. The Labute approximate surface area is 90.5 Å². The quantitative estimate of drug-likeness (QED) is 0.668. The van der Waals surface area contributed by atoms with Crippen molar-refractivity contribution in [3.8, 4) is 0 Å². The van der Waals surface area contributed by atoms with E-state index in [0.29, 0.717) is 5.84 Å². The van der Waals surface area contributed by atoms with Crippen molar-refractivity contribution in [3.63, 3.8) is 0 Å². The number of rotatable bonds is 0. The zero-order valence-electron chi connectivity index (χ0n) is 9.68. The number of fused-ring (bicyclic) bond motifs is 1. The van der Waals surface area contributed by atoms with Crippen LogP contribution in [0.5, 0.6) is 0 Å². The highest BCUT2D eigenvalue weighted by atomic mass is 14.9. The van der Waals surface area contributed by atoms with E-state index in [9.17, 15) is 0 Å². The molecule has 2 rings (SSSR count). The van der Waals surface area contributed by atoms with Gasteiger partial charge in [-0.05, 0) is 25.0 Å². The van der Waals surface area contributed by atoms with Gasteiger partial charge in [-0.2, -0.15) is 0 Å². The van der Waals surface area contributed by atoms with Crippen molar-refractivity contribution in [3.05, 3.63) is 34.4 Å². The molecule has 3 N–H and O–H groups in total. The van der Waals surface area contributed by atoms with Crippen molar-refractivity contribution in [1.29, 1.82) is 5.41 Å². The number of benzene rings is 1. The van der Waals surface area contributed by atoms with Crippen molar-refractivity contribution < 1.29 is 0 Å². The Kier molecular flexibility index (Phi) is 3.24. The molecule has 1 heterocycles. The number of aliphatic imine (C=N–C) groups is 1. The molecule has 0 aromatic heterocycles. The summed E-state index contributed by atoms with van der Waals surface area (Å²) >= 11 is 0. The van der Waals surface area contributed by atoms with Gasteiger partial charge in [0.1, 0.15) is 5.84 Å². The predicted octanol–water partition coefficient (Wildman–Crippen LogP) is 2.37. The third-order valence-corrected chi connectivity index (χ3v) is 2.35. The monoisotopic (exact) mass is 203 g/mol. The van der Waals surface area contributed by atoms with E-state index in [-0.39, 0.29) is 5.84 Å². The molecule has 0 bridgehead atoms. The molecule has 0 saturated carbocycles. The molecule has 0 aliphatic carbocycles. The normalized spacial score (nSPS) is 12.8. The first-order chi connectivity index (χ1) is 7.11. The Balaban J connectivity index is 0.000000531. The molecule has 1 aromatic carbocycles. The van der Waals surface area contributed by atoms with Crippen LogP contribution in [0.3, 0.4) is 0 Å². The van der Waals surface area contributed by atoms with Crippen molar-refractivity contribution in [2.75, 3.05) is 0 Å². The van der Waals surface area contributed by atoms with E-state index < -0.39 is 0 Å². The predicted molar refractivity (Wildman–Crippen MR) is 64.8 cm³/mol. The second-order valence-corrected chi connectivity index (χ2v) is 3.30. The van der Waals surface area contributed by atoms with E-state index in [0.717, 1.165) is 22.3 Å². The largest absolute Gasteiger partial charge is 0.383 e. The maximum Gasteiger partial charge on any atom is 0.155 e. The smallest absolute Gasteiger partial charge is 0.155 e. The third-order valence-electron chi connectivity index (χ3n) is 2.35. The highest BCUT2D eigenvalue weighted by Crippen LogP contribution is 2.23. The highest BCUT2D eigenvalue weighted by Gasteiger charge is 2.21. The van der Waals surface area contributed by atoms with Crippen molar-refractivity contribution in [2.45, 2.75) is 27.7 Å². The van der Waals surface area contributed by atoms with Crippen molar-refractivity contribution >= 4 is 11.7 Å². The fourth-order valence-corrected chi connectivity index (χ4v) is 1.68. The van der Waals surface area contributed by atoms with Gasteiger partial charge in [-0.25, -0.2) is 4.99 Å². The van der Waals surface area contributed by atoms with Gasteiger partial charge in [0.2, 0.25) is 0 Å². The molecule has 1 aromatic rings. The fourth-order valence-electron chi connectivity index (χ4n) is 1.68. The Hall–Kier alpha value is -1.64. The lowest BCUT2D eigenvalue weighted by molar-refractivity contribution is 1.34. The van der Waals surface area contributed by atoms with Crippen LogP contribution in [-0.2, 0) is 0 Å². The first-order valence-electron chi connectivity index (χ1n) is 5.15. The number of aryl methyl sites for hydroxylation is 2. The van der Waals surface area contributed by atoms with Crippen LogP contribution in [0, 0.1) is 19.3 Å². The van der Waals surface area contributed by atoms with Crippen LogP contribution in [0.25, 0.3) is 0 Å². The lowest BCUT2D eigenvalue weighted by Gasteiger charge is -2.06. The SMILES string of the molecule is CC.Cc1ccc(C)c2c1C(=N)N=C2N. The number of nitrogens with one attached hydrogen (secondary N) is 1.